The molecule has 0 saturated heterocycles. The van der Waals surface area contributed by atoms with Crippen LogP contribution in [0, 0.1) is 0 Å². The first kappa shape index (κ1) is 10.2. The molecule has 0 radical (unpaired) electrons. The van der Waals surface area contributed by atoms with Crippen molar-refractivity contribution >= 4 is 0 Å². The van der Waals surface area contributed by atoms with Crippen LogP contribution in [-0.2, 0) is 6.42 Å². The SMILES string of the molecule is CC(C)c1ccnc(CCCN)c1. The minimum atomic E-state index is 0.583. The lowest BCUT2D eigenvalue weighted by Crippen LogP contribution is -2.02. The molecule has 2 N–H and O–H groups in total. The second-order valence-corrected chi connectivity index (χ2v) is 3.63. The highest BCUT2D eigenvalue weighted by Crippen LogP contribution is 2.14. The highest BCUT2D eigenvalue weighted by atomic mass is 14.7. The van der Waals surface area contributed by atoms with Crippen molar-refractivity contribution in [1.29, 1.82) is 0 Å². The standard InChI is InChI=1S/C11H18N2/c1-9(2)10-5-7-13-11(8-10)4-3-6-12/h5,7-9H,3-4,6,12H2,1-2H3. The summed E-state index contributed by atoms with van der Waals surface area (Å²) in [5, 5.41) is 0. The summed E-state index contributed by atoms with van der Waals surface area (Å²) in [5.41, 5.74) is 7.97. The van der Waals surface area contributed by atoms with Gasteiger partial charge < -0.3 is 5.73 Å². The van der Waals surface area contributed by atoms with Crippen LogP contribution in [0.5, 0.6) is 0 Å². The third-order valence-electron chi connectivity index (χ3n) is 2.14. The van der Waals surface area contributed by atoms with Crippen LogP contribution in [0.4, 0.5) is 0 Å². The zero-order valence-electron chi connectivity index (χ0n) is 8.46. The minimum absolute atomic E-state index is 0.583. The summed E-state index contributed by atoms with van der Waals surface area (Å²) >= 11 is 0. The summed E-state index contributed by atoms with van der Waals surface area (Å²) in [4.78, 5) is 4.30. The molecule has 0 saturated carbocycles. The maximum absolute atomic E-state index is 5.45. The molecule has 0 aliphatic heterocycles. The Hall–Kier alpha value is -0.890. The van der Waals surface area contributed by atoms with Gasteiger partial charge in [0.15, 0.2) is 0 Å². The second-order valence-electron chi connectivity index (χ2n) is 3.63. The number of hydrogen-bond acceptors (Lipinski definition) is 2. The lowest BCUT2D eigenvalue weighted by atomic mass is 10.0. The fraction of sp³-hybridized carbons (Fsp3) is 0.545. The smallest absolute Gasteiger partial charge is 0.0406 e. The van der Waals surface area contributed by atoms with Gasteiger partial charge in [0.25, 0.3) is 0 Å². The summed E-state index contributed by atoms with van der Waals surface area (Å²) < 4.78 is 0. The van der Waals surface area contributed by atoms with Crippen LogP contribution in [-0.4, -0.2) is 11.5 Å². The van der Waals surface area contributed by atoms with Crippen LogP contribution >= 0.6 is 0 Å². The van der Waals surface area contributed by atoms with E-state index < -0.39 is 0 Å². The average molecular weight is 178 g/mol. The molecule has 0 aromatic carbocycles. The molecule has 1 aromatic rings. The Morgan fingerprint density at radius 1 is 1.46 bits per heavy atom. The fourth-order valence-electron chi connectivity index (χ4n) is 1.28. The van der Waals surface area contributed by atoms with Gasteiger partial charge in [-0.1, -0.05) is 13.8 Å². The van der Waals surface area contributed by atoms with Gasteiger partial charge in [0, 0.05) is 11.9 Å². The lowest BCUT2D eigenvalue weighted by Gasteiger charge is -2.06. The number of pyridine rings is 1. The molecule has 0 spiro atoms. The molecule has 13 heavy (non-hydrogen) atoms. The molecule has 0 fully saturated rings. The van der Waals surface area contributed by atoms with Crippen molar-refractivity contribution in [3.63, 3.8) is 0 Å². The van der Waals surface area contributed by atoms with E-state index in [4.69, 9.17) is 5.73 Å². The number of nitrogens with two attached hydrogens (primary N) is 1. The van der Waals surface area contributed by atoms with Crippen LogP contribution in [0.25, 0.3) is 0 Å². The Balaban J connectivity index is 2.68. The predicted octanol–water partition coefficient (Wildman–Crippen LogP) is 2.10. The molecule has 0 bridgehead atoms. The van der Waals surface area contributed by atoms with Crippen molar-refractivity contribution in [2.75, 3.05) is 6.54 Å². The van der Waals surface area contributed by atoms with Gasteiger partial charge in [-0.15, -0.1) is 0 Å². The molecule has 2 heteroatoms. The first-order valence-corrected chi connectivity index (χ1v) is 4.89. The summed E-state index contributed by atoms with van der Waals surface area (Å²) in [5.74, 6) is 0.583. The van der Waals surface area contributed by atoms with Crippen molar-refractivity contribution in [3.05, 3.63) is 29.6 Å². The predicted molar refractivity (Wildman–Crippen MR) is 55.7 cm³/mol. The van der Waals surface area contributed by atoms with Crippen LogP contribution in [0.15, 0.2) is 18.3 Å². The first-order valence-electron chi connectivity index (χ1n) is 4.89. The van der Waals surface area contributed by atoms with Gasteiger partial charge in [-0.25, -0.2) is 0 Å². The molecular weight excluding hydrogens is 160 g/mol. The normalized spacial score (nSPS) is 10.8. The minimum Gasteiger partial charge on any atom is -0.330 e. The van der Waals surface area contributed by atoms with Gasteiger partial charge in [-0.05, 0) is 43.0 Å². The number of rotatable bonds is 4. The third kappa shape index (κ3) is 3.15. The zero-order chi connectivity index (χ0) is 9.68. The lowest BCUT2D eigenvalue weighted by molar-refractivity contribution is 0.797. The zero-order valence-corrected chi connectivity index (χ0v) is 8.46. The van der Waals surface area contributed by atoms with E-state index in [9.17, 15) is 0 Å². The largest absolute Gasteiger partial charge is 0.330 e. The quantitative estimate of drug-likeness (QED) is 0.766. The Labute approximate surface area is 80.2 Å². The van der Waals surface area contributed by atoms with E-state index in [-0.39, 0.29) is 0 Å². The molecule has 0 aliphatic rings. The van der Waals surface area contributed by atoms with E-state index in [0.717, 1.165) is 25.1 Å². The summed E-state index contributed by atoms with van der Waals surface area (Å²) in [6, 6.07) is 4.26. The Morgan fingerprint density at radius 2 is 2.23 bits per heavy atom. The summed E-state index contributed by atoms with van der Waals surface area (Å²) in [6.07, 6.45) is 3.91. The maximum Gasteiger partial charge on any atom is 0.0406 e. The van der Waals surface area contributed by atoms with Crippen LogP contribution in [0.2, 0.25) is 0 Å². The van der Waals surface area contributed by atoms with Crippen molar-refractivity contribution in [3.8, 4) is 0 Å². The van der Waals surface area contributed by atoms with Crippen molar-refractivity contribution in [2.24, 2.45) is 5.73 Å². The number of nitrogens with zero attached hydrogens (tertiary/aromatic N) is 1. The molecule has 1 aromatic heterocycles. The molecule has 0 unspecified atom stereocenters. The molecule has 0 aliphatic carbocycles. The topological polar surface area (TPSA) is 38.9 Å². The highest BCUT2D eigenvalue weighted by molar-refractivity contribution is 5.19. The van der Waals surface area contributed by atoms with Crippen molar-refractivity contribution in [2.45, 2.75) is 32.6 Å². The molecule has 2 nitrogen and oxygen atoms in total. The van der Waals surface area contributed by atoms with Crippen LogP contribution < -0.4 is 5.73 Å². The number of hydrogen-bond donors (Lipinski definition) is 1. The van der Waals surface area contributed by atoms with Gasteiger partial charge >= 0.3 is 0 Å². The molecule has 0 amide bonds. The number of aryl methyl sites for hydroxylation is 1. The van der Waals surface area contributed by atoms with Gasteiger partial charge in [-0.3, -0.25) is 4.98 Å². The van der Waals surface area contributed by atoms with E-state index in [1.165, 1.54) is 5.56 Å². The molecule has 1 rings (SSSR count). The molecule has 0 atom stereocenters. The highest BCUT2D eigenvalue weighted by Gasteiger charge is 2.00. The summed E-state index contributed by atoms with van der Waals surface area (Å²) in [7, 11) is 0. The van der Waals surface area contributed by atoms with Crippen molar-refractivity contribution < 1.29 is 0 Å². The van der Waals surface area contributed by atoms with Crippen LogP contribution in [0.3, 0.4) is 0 Å². The fourth-order valence-corrected chi connectivity index (χ4v) is 1.28. The Kier molecular flexibility index (Phi) is 3.90. The van der Waals surface area contributed by atoms with E-state index in [2.05, 4.69) is 31.0 Å². The average Bonchev–Trinajstić information content (AvgIpc) is 2.15. The van der Waals surface area contributed by atoms with Gasteiger partial charge in [-0.2, -0.15) is 0 Å². The maximum atomic E-state index is 5.45. The van der Waals surface area contributed by atoms with Gasteiger partial charge in [0.2, 0.25) is 0 Å². The van der Waals surface area contributed by atoms with E-state index in [0.29, 0.717) is 5.92 Å². The molecule has 1 heterocycles. The third-order valence-corrected chi connectivity index (χ3v) is 2.14. The van der Waals surface area contributed by atoms with Crippen molar-refractivity contribution in [1.82, 2.24) is 4.98 Å². The monoisotopic (exact) mass is 178 g/mol. The van der Waals surface area contributed by atoms with E-state index >= 15 is 0 Å². The van der Waals surface area contributed by atoms with E-state index in [1.54, 1.807) is 0 Å². The van der Waals surface area contributed by atoms with Gasteiger partial charge in [0.05, 0.1) is 0 Å². The summed E-state index contributed by atoms with van der Waals surface area (Å²) in [6.45, 7) is 5.14. The molecular formula is C11H18N2. The second kappa shape index (κ2) is 4.97. The molecule has 72 valence electrons. The Bertz CT molecular complexity index is 256. The van der Waals surface area contributed by atoms with E-state index in [1.807, 2.05) is 6.20 Å². The van der Waals surface area contributed by atoms with Crippen LogP contribution in [0.1, 0.15) is 37.4 Å². The number of aromatic nitrogens is 1. The Morgan fingerprint density at radius 3 is 2.85 bits per heavy atom. The first-order chi connectivity index (χ1) is 6.24. The van der Waals surface area contributed by atoms with Gasteiger partial charge in [0.1, 0.15) is 0 Å².